The molecule has 0 spiro atoms. The number of hydrogen-bond acceptors (Lipinski definition) is 2. The summed E-state index contributed by atoms with van der Waals surface area (Å²) in [5, 5.41) is 0. The van der Waals surface area contributed by atoms with Crippen molar-refractivity contribution in [2.45, 2.75) is 0 Å². The molecule has 0 radical (unpaired) electrons. The molecule has 0 fully saturated rings. The standard InChI is InChI=1S/C4H4O2.Pt/c1-2-6-4-3-5-1;/h1-4H;. The van der Waals surface area contributed by atoms with Crippen LogP contribution in [-0.4, -0.2) is 0 Å². The summed E-state index contributed by atoms with van der Waals surface area (Å²) in [7, 11) is 0. The summed E-state index contributed by atoms with van der Waals surface area (Å²) in [5.74, 6) is 0. The van der Waals surface area contributed by atoms with Gasteiger partial charge in [0.1, 0.15) is 25.0 Å². The summed E-state index contributed by atoms with van der Waals surface area (Å²) in [4.78, 5) is 0. The van der Waals surface area contributed by atoms with Gasteiger partial charge in [0, 0.05) is 21.1 Å². The Kier molecular flexibility index (Phi) is 3.81. The number of hydrogen-bond donors (Lipinski definition) is 0. The van der Waals surface area contributed by atoms with Gasteiger partial charge in [0.15, 0.2) is 0 Å². The Bertz CT molecular complexity index is 67.7. The Morgan fingerprint density at radius 3 is 1.14 bits per heavy atom. The Balaban J connectivity index is 0.000000360. The Morgan fingerprint density at radius 2 is 1.00 bits per heavy atom. The van der Waals surface area contributed by atoms with Gasteiger partial charge in [-0.2, -0.15) is 0 Å². The van der Waals surface area contributed by atoms with Crippen LogP contribution in [0.25, 0.3) is 0 Å². The van der Waals surface area contributed by atoms with Crippen LogP contribution in [-0.2, 0) is 30.5 Å². The zero-order valence-electron chi connectivity index (χ0n) is 3.44. The second-order valence-corrected chi connectivity index (χ2v) is 0.816. The second-order valence-electron chi connectivity index (χ2n) is 0.816. The van der Waals surface area contributed by atoms with E-state index < -0.39 is 0 Å². The molecule has 0 bridgehead atoms. The Morgan fingerprint density at radius 1 is 0.714 bits per heavy atom. The summed E-state index contributed by atoms with van der Waals surface area (Å²) < 4.78 is 9.17. The van der Waals surface area contributed by atoms with E-state index in [1.807, 2.05) is 0 Å². The average molecular weight is 279 g/mol. The third kappa shape index (κ3) is 2.46. The predicted molar refractivity (Wildman–Crippen MR) is 20.4 cm³/mol. The maximum Gasteiger partial charge on any atom is 0.125 e. The predicted octanol–water partition coefficient (Wildman–Crippen LogP) is 0.973. The monoisotopic (exact) mass is 279 g/mol. The van der Waals surface area contributed by atoms with E-state index in [-0.39, 0.29) is 21.1 Å². The molecular weight excluding hydrogens is 275 g/mol. The minimum atomic E-state index is 0. The molecule has 0 saturated heterocycles. The summed E-state index contributed by atoms with van der Waals surface area (Å²) in [5.41, 5.74) is 0. The van der Waals surface area contributed by atoms with Crippen LogP contribution >= 0.6 is 0 Å². The normalized spacial score (nSPS) is 13.7. The minimum absolute atomic E-state index is 0. The van der Waals surface area contributed by atoms with Crippen LogP contribution in [0.2, 0.25) is 0 Å². The van der Waals surface area contributed by atoms with Gasteiger partial charge in [-0.1, -0.05) is 0 Å². The van der Waals surface area contributed by atoms with E-state index in [0.717, 1.165) is 0 Å². The van der Waals surface area contributed by atoms with Gasteiger partial charge in [0.25, 0.3) is 0 Å². The van der Waals surface area contributed by atoms with Gasteiger partial charge in [-0.05, 0) is 0 Å². The van der Waals surface area contributed by atoms with Crippen molar-refractivity contribution in [1.82, 2.24) is 0 Å². The van der Waals surface area contributed by atoms with E-state index in [9.17, 15) is 0 Å². The van der Waals surface area contributed by atoms with E-state index in [1.165, 1.54) is 25.0 Å². The summed E-state index contributed by atoms with van der Waals surface area (Å²) >= 11 is 0. The van der Waals surface area contributed by atoms with Crippen LogP contribution in [0.15, 0.2) is 25.0 Å². The number of ether oxygens (including phenoxy) is 2. The zero-order valence-corrected chi connectivity index (χ0v) is 5.71. The van der Waals surface area contributed by atoms with Gasteiger partial charge in [0.2, 0.25) is 0 Å². The molecule has 1 rings (SSSR count). The van der Waals surface area contributed by atoms with Crippen LogP contribution in [0.5, 0.6) is 0 Å². The van der Waals surface area contributed by atoms with Gasteiger partial charge in [0.05, 0.1) is 0 Å². The first kappa shape index (κ1) is 6.77. The van der Waals surface area contributed by atoms with Crippen molar-refractivity contribution < 1.29 is 30.5 Å². The quantitative estimate of drug-likeness (QED) is 0.658. The van der Waals surface area contributed by atoms with E-state index in [0.29, 0.717) is 0 Å². The van der Waals surface area contributed by atoms with E-state index >= 15 is 0 Å². The van der Waals surface area contributed by atoms with Crippen molar-refractivity contribution in [3.8, 4) is 0 Å². The molecular formula is C4H4O2Pt. The molecule has 0 amide bonds. The molecule has 1 aliphatic heterocycles. The van der Waals surface area contributed by atoms with Gasteiger partial charge < -0.3 is 9.47 Å². The first-order valence-corrected chi connectivity index (χ1v) is 1.61. The molecule has 2 nitrogen and oxygen atoms in total. The van der Waals surface area contributed by atoms with Crippen LogP contribution in [0.3, 0.4) is 0 Å². The van der Waals surface area contributed by atoms with Crippen molar-refractivity contribution in [2.24, 2.45) is 0 Å². The third-order valence-corrected chi connectivity index (χ3v) is 0.425. The second kappa shape index (κ2) is 3.94. The topological polar surface area (TPSA) is 18.5 Å². The van der Waals surface area contributed by atoms with Crippen molar-refractivity contribution in [2.75, 3.05) is 0 Å². The fourth-order valence-electron chi connectivity index (χ4n) is 0.219. The molecule has 0 aromatic rings. The molecule has 1 aliphatic rings. The molecule has 0 aromatic heterocycles. The van der Waals surface area contributed by atoms with Gasteiger partial charge >= 0.3 is 0 Å². The molecule has 3 heteroatoms. The molecule has 0 aliphatic carbocycles. The smallest absolute Gasteiger partial charge is 0.125 e. The van der Waals surface area contributed by atoms with Gasteiger partial charge in [-0.25, -0.2) is 0 Å². The van der Waals surface area contributed by atoms with Crippen LogP contribution < -0.4 is 0 Å². The van der Waals surface area contributed by atoms with Gasteiger partial charge in [-0.3, -0.25) is 0 Å². The van der Waals surface area contributed by atoms with Gasteiger partial charge in [-0.15, -0.1) is 0 Å². The largest absolute Gasteiger partial charge is 0.466 e. The van der Waals surface area contributed by atoms with E-state index in [1.54, 1.807) is 0 Å². The maximum atomic E-state index is 4.58. The van der Waals surface area contributed by atoms with Crippen molar-refractivity contribution in [3.63, 3.8) is 0 Å². The Labute approximate surface area is 56.1 Å². The van der Waals surface area contributed by atoms with Crippen LogP contribution in [0, 0.1) is 0 Å². The molecule has 0 unspecified atom stereocenters. The first-order chi connectivity index (χ1) is 3.00. The Hall–Kier alpha value is -0.232. The molecule has 1 heterocycles. The average Bonchev–Trinajstić information content (AvgIpc) is 1.72. The summed E-state index contributed by atoms with van der Waals surface area (Å²) in [6.45, 7) is 0. The maximum absolute atomic E-state index is 4.58. The SMILES string of the molecule is C1=COC=CO1.[Pt]. The fourth-order valence-corrected chi connectivity index (χ4v) is 0.219. The zero-order chi connectivity index (χ0) is 4.24. The minimum Gasteiger partial charge on any atom is -0.466 e. The van der Waals surface area contributed by atoms with Crippen LogP contribution in [0.1, 0.15) is 0 Å². The molecule has 0 atom stereocenters. The molecule has 0 saturated carbocycles. The van der Waals surface area contributed by atoms with Crippen molar-refractivity contribution >= 4 is 0 Å². The van der Waals surface area contributed by atoms with Crippen molar-refractivity contribution in [3.05, 3.63) is 25.0 Å². The van der Waals surface area contributed by atoms with E-state index in [4.69, 9.17) is 0 Å². The molecule has 7 heavy (non-hydrogen) atoms. The molecule has 0 aromatic carbocycles. The summed E-state index contributed by atoms with van der Waals surface area (Å²) in [6.07, 6.45) is 5.83. The van der Waals surface area contributed by atoms with Crippen molar-refractivity contribution in [1.29, 1.82) is 0 Å². The molecule has 42 valence electrons. The molecule has 0 N–H and O–H groups in total. The van der Waals surface area contributed by atoms with Crippen LogP contribution in [0.4, 0.5) is 0 Å². The summed E-state index contributed by atoms with van der Waals surface area (Å²) in [6, 6.07) is 0. The first-order valence-electron chi connectivity index (χ1n) is 1.61. The number of rotatable bonds is 0. The third-order valence-electron chi connectivity index (χ3n) is 0.425. The fraction of sp³-hybridized carbons (Fsp3) is 0. The van der Waals surface area contributed by atoms with E-state index in [2.05, 4.69) is 9.47 Å².